The van der Waals surface area contributed by atoms with Crippen LogP contribution < -0.4 is 0 Å². The number of hydrogen-bond donors (Lipinski definition) is 0. The van der Waals surface area contributed by atoms with E-state index in [1.54, 1.807) is 39.8 Å². The van der Waals surface area contributed by atoms with Crippen LogP contribution in [0.1, 0.15) is 43.6 Å². The van der Waals surface area contributed by atoms with Gasteiger partial charge in [-0.25, -0.2) is 0 Å². The number of aryl methyl sites for hydroxylation is 1. The van der Waals surface area contributed by atoms with Crippen LogP contribution in [0.25, 0.3) is 0 Å². The van der Waals surface area contributed by atoms with Crippen molar-refractivity contribution in [2.75, 3.05) is 0 Å². The molecule has 0 aliphatic heterocycles. The molecule has 0 bridgehead atoms. The van der Waals surface area contributed by atoms with Crippen molar-refractivity contribution in [1.29, 1.82) is 0 Å². The fourth-order valence-corrected chi connectivity index (χ4v) is 1.58. The summed E-state index contributed by atoms with van der Waals surface area (Å²) in [7, 11) is 0. The summed E-state index contributed by atoms with van der Waals surface area (Å²) in [4.78, 5) is 24.0. The van der Waals surface area contributed by atoms with Crippen molar-refractivity contribution in [2.45, 2.75) is 40.2 Å². The van der Waals surface area contributed by atoms with E-state index < -0.39 is 17.5 Å². The van der Waals surface area contributed by atoms with Crippen LogP contribution in [-0.4, -0.2) is 17.4 Å². The van der Waals surface area contributed by atoms with Crippen LogP contribution in [0.15, 0.2) is 24.3 Å². The zero-order valence-electron chi connectivity index (χ0n) is 11.6. The van der Waals surface area contributed by atoms with Gasteiger partial charge in [-0.3, -0.25) is 9.59 Å². The molecule has 0 aliphatic rings. The second kappa shape index (κ2) is 5.34. The van der Waals surface area contributed by atoms with Crippen LogP contribution >= 0.6 is 0 Å². The van der Waals surface area contributed by atoms with Crippen molar-refractivity contribution in [3.8, 4) is 0 Å². The number of carbonyl (C=O) groups is 2. The molecule has 18 heavy (non-hydrogen) atoms. The van der Waals surface area contributed by atoms with Gasteiger partial charge in [-0.2, -0.15) is 0 Å². The van der Waals surface area contributed by atoms with Crippen molar-refractivity contribution in [3.63, 3.8) is 0 Å². The molecule has 1 rings (SSSR count). The number of ether oxygens (including phenoxy) is 1. The molecular weight excluding hydrogens is 228 g/mol. The minimum Gasteiger partial charge on any atom is -0.459 e. The van der Waals surface area contributed by atoms with E-state index in [0.29, 0.717) is 5.56 Å². The van der Waals surface area contributed by atoms with E-state index in [-0.39, 0.29) is 5.78 Å². The molecule has 0 aromatic heterocycles. The molecule has 3 heteroatoms. The Balaban J connectivity index is 2.85. The number of ketones is 1. The van der Waals surface area contributed by atoms with Gasteiger partial charge < -0.3 is 4.74 Å². The van der Waals surface area contributed by atoms with Gasteiger partial charge >= 0.3 is 5.97 Å². The molecule has 0 spiro atoms. The monoisotopic (exact) mass is 248 g/mol. The summed E-state index contributed by atoms with van der Waals surface area (Å²) in [6.07, 6.45) is 0. The van der Waals surface area contributed by atoms with Gasteiger partial charge in [0.1, 0.15) is 11.5 Å². The first kappa shape index (κ1) is 14.4. The predicted molar refractivity (Wildman–Crippen MR) is 70.5 cm³/mol. The first-order valence-corrected chi connectivity index (χ1v) is 6.05. The lowest BCUT2D eigenvalue weighted by Gasteiger charge is -2.22. The third kappa shape index (κ3) is 3.69. The Labute approximate surface area is 108 Å². The quantitative estimate of drug-likeness (QED) is 0.469. The summed E-state index contributed by atoms with van der Waals surface area (Å²) < 4.78 is 5.22. The maximum Gasteiger partial charge on any atom is 0.317 e. The smallest absolute Gasteiger partial charge is 0.317 e. The number of esters is 1. The largest absolute Gasteiger partial charge is 0.459 e. The van der Waals surface area contributed by atoms with Crippen molar-refractivity contribution >= 4 is 11.8 Å². The Morgan fingerprint density at radius 2 is 1.72 bits per heavy atom. The van der Waals surface area contributed by atoms with Crippen molar-refractivity contribution in [3.05, 3.63) is 35.4 Å². The standard InChI is InChI=1S/C15H20O3/c1-10-8-6-7-9-12(10)13(16)11(2)14(17)18-15(3,4)5/h6-9,11H,1-5H3. The maximum atomic E-state index is 12.2. The molecule has 1 unspecified atom stereocenters. The van der Waals surface area contributed by atoms with Gasteiger partial charge in [0, 0.05) is 5.56 Å². The van der Waals surface area contributed by atoms with Gasteiger partial charge in [-0.15, -0.1) is 0 Å². The highest BCUT2D eigenvalue weighted by molar-refractivity contribution is 6.09. The minimum atomic E-state index is -0.773. The second-order valence-electron chi connectivity index (χ2n) is 5.43. The summed E-state index contributed by atoms with van der Waals surface area (Å²) in [5.74, 6) is -1.44. The van der Waals surface area contributed by atoms with Crippen LogP contribution in [0.3, 0.4) is 0 Å². The summed E-state index contributed by atoms with van der Waals surface area (Å²) in [6, 6.07) is 7.25. The molecular formula is C15H20O3. The molecule has 1 aromatic carbocycles. The second-order valence-corrected chi connectivity index (χ2v) is 5.43. The van der Waals surface area contributed by atoms with Crippen molar-refractivity contribution in [1.82, 2.24) is 0 Å². The number of benzene rings is 1. The molecule has 3 nitrogen and oxygen atoms in total. The average Bonchev–Trinajstić information content (AvgIpc) is 2.25. The Morgan fingerprint density at radius 1 is 1.17 bits per heavy atom. The van der Waals surface area contributed by atoms with Gasteiger partial charge in [-0.05, 0) is 40.2 Å². The molecule has 0 N–H and O–H groups in total. The lowest BCUT2D eigenvalue weighted by Crippen LogP contribution is -2.31. The third-order valence-corrected chi connectivity index (χ3v) is 2.56. The fourth-order valence-electron chi connectivity index (χ4n) is 1.58. The van der Waals surface area contributed by atoms with Gasteiger partial charge in [0.25, 0.3) is 0 Å². The Hall–Kier alpha value is -1.64. The maximum absolute atomic E-state index is 12.2. The number of carbonyl (C=O) groups excluding carboxylic acids is 2. The van der Waals surface area contributed by atoms with Gasteiger partial charge in [0.15, 0.2) is 5.78 Å². The number of rotatable bonds is 3. The first-order valence-electron chi connectivity index (χ1n) is 6.05. The highest BCUT2D eigenvalue weighted by Crippen LogP contribution is 2.17. The van der Waals surface area contributed by atoms with Crippen LogP contribution in [0.4, 0.5) is 0 Å². The molecule has 0 aliphatic carbocycles. The van der Waals surface area contributed by atoms with E-state index in [4.69, 9.17) is 4.74 Å². The number of Topliss-reactive ketones (excluding diaryl/α,β-unsaturated/α-hetero) is 1. The number of hydrogen-bond acceptors (Lipinski definition) is 3. The van der Waals surface area contributed by atoms with Gasteiger partial charge in [0.05, 0.1) is 0 Å². The lowest BCUT2D eigenvalue weighted by atomic mass is 9.96. The summed E-state index contributed by atoms with van der Waals surface area (Å²) >= 11 is 0. The van der Waals surface area contributed by atoms with Crippen LogP contribution in [-0.2, 0) is 9.53 Å². The Kier molecular flexibility index (Phi) is 4.28. The minimum absolute atomic E-state index is 0.192. The fraction of sp³-hybridized carbons (Fsp3) is 0.467. The Bertz CT molecular complexity index is 455. The zero-order valence-corrected chi connectivity index (χ0v) is 11.6. The SMILES string of the molecule is Cc1ccccc1C(=O)C(C)C(=O)OC(C)(C)C. The molecule has 0 fully saturated rings. The predicted octanol–water partition coefficient (Wildman–Crippen LogP) is 3.16. The normalized spacial score (nSPS) is 12.9. The van der Waals surface area contributed by atoms with E-state index in [0.717, 1.165) is 5.56 Å². The molecule has 0 radical (unpaired) electrons. The average molecular weight is 248 g/mol. The highest BCUT2D eigenvalue weighted by atomic mass is 16.6. The third-order valence-electron chi connectivity index (χ3n) is 2.56. The molecule has 98 valence electrons. The summed E-state index contributed by atoms with van der Waals surface area (Å²) in [5.41, 5.74) is 0.880. The van der Waals surface area contributed by atoms with Crippen molar-refractivity contribution < 1.29 is 14.3 Å². The van der Waals surface area contributed by atoms with E-state index in [1.165, 1.54) is 0 Å². The highest BCUT2D eigenvalue weighted by Gasteiger charge is 2.28. The molecule has 0 saturated heterocycles. The topological polar surface area (TPSA) is 43.4 Å². The van der Waals surface area contributed by atoms with E-state index in [2.05, 4.69) is 0 Å². The van der Waals surface area contributed by atoms with E-state index in [1.807, 2.05) is 19.1 Å². The van der Waals surface area contributed by atoms with E-state index in [9.17, 15) is 9.59 Å². The Morgan fingerprint density at radius 3 is 2.22 bits per heavy atom. The zero-order chi connectivity index (χ0) is 13.9. The van der Waals surface area contributed by atoms with Gasteiger partial charge in [-0.1, -0.05) is 24.3 Å². The van der Waals surface area contributed by atoms with E-state index >= 15 is 0 Å². The first-order chi connectivity index (χ1) is 8.22. The molecule has 1 aromatic rings. The summed E-state index contributed by atoms with van der Waals surface area (Å²) in [6.45, 7) is 8.81. The molecule has 0 amide bonds. The van der Waals surface area contributed by atoms with Crippen LogP contribution in [0, 0.1) is 12.8 Å². The molecule has 1 atom stereocenters. The van der Waals surface area contributed by atoms with Crippen LogP contribution in [0.5, 0.6) is 0 Å². The lowest BCUT2D eigenvalue weighted by molar-refractivity contribution is -0.157. The molecule has 0 heterocycles. The van der Waals surface area contributed by atoms with Gasteiger partial charge in [0.2, 0.25) is 0 Å². The summed E-state index contributed by atoms with van der Waals surface area (Å²) in [5, 5.41) is 0. The molecule has 0 saturated carbocycles. The van der Waals surface area contributed by atoms with Crippen LogP contribution in [0.2, 0.25) is 0 Å². The van der Waals surface area contributed by atoms with Crippen molar-refractivity contribution in [2.24, 2.45) is 5.92 Å².